The number of rotatable bonds is 8. The molecule has 0 aliphatic heterocycles. The van der Waals surface area contributed by atoms with Crippen LogP contribution in [-0.4, -0.2) is 24.3 Å². The summed E-state index contributed by atoms with van der Waals surface area (Å²) in [5.74, 6) is 0.996. The van der Waals surface area contributed by atoms with Gasteiger partial charge in [-0.25, -0.2) is 18.7 Å². The fourth-order valence-electron chi connectivity index (χ4n) is 2.66. The van der Waals surface area contributed by atoms with Crippen LogP contribution in [-0.2, 0) is 17.6 Å². The Morgan fingerprint density at radius 2 is 1.94 bits per heavy atom. The van der Waals surface area contributed by atoms with Crippen molar-refractivity contribution in [3.8, 4) is 5.75 Å². The molecule has 0 aliphatic rings. The normalized spacial score (nSPS) is 11.7. The lowest BCUT2D eigenvalue weighted by molar-refractivity contribution is 0.242. The summed E-state index contributed by atoms with van der Waals surface area (Å²) in [6, 6.07) is 13.5. The second kappa shape index (κ2) is 9.49. The molecule has 0 aliphatic carbocycles. The van der Waals surface area contributed by atoms with Gasteiger partial charge in [-0.2, -0.15) is 9.97 Å². The highest BCUT2D eigenvalue weighted by atomic mass is 32.2. The van der Waals surface area contributed by atoms with E-state index in [4.69, 9.17) is 14.4 Å². The Morgan fingerprint density at radius 3 is 2.66 bits per heavy atom. The van der Waals surface area contributed by atoms with Crippen molar-refractivity contribution in [2.75, 3.05) is 10.6 Å². The van der Waals surface area contributed by atoms with Crippen LogP contribution in [0.3, 0.4) is 0 Å². The van der Waals surface area contributed by atoms with Gasteiger partial charge in [0.15, 0.2) is 24.1 Å². The van der Waals surface area contributed by atoms with Crippen LogP contribution >= 0.6 is 0 Å². The van der Waals surface area contributed by atoms with Gasteiger partial charge in [-0.05, 0) is 49.4 Å². The third kappa shape index (κ3) is 5.42. The number of benzene rings is 2. The molecule has 2 heterocycles. The lowest BCUT2D eigenvalue weighted by Gasteiger charge is -2.10. The Hall–Kier alpha value is -3.90. The number of hydrogen-bond donors (Lipinski definition) is 3. The molecule has 4 aromatic rings. The average molecular weight is 455 g/mol. The third-order valence-electron chi connectivity index (χ3n) is 4.12. The molecule has 0 bridgehead atoms. The van der Waals surface area contributed by atoms with E-state index >= 15 is 0 Å². The summed E-state index contributed by atoms with van der Waals surface area (Å²) in [7, 11) is -1.62. The topological polar surface area (TPSA) is 141 Å². The van der Waals surface area contributed by atoms with Crippen molar-refractivity contribution < 1.29 is 17.9 Å². The highest BCUT2D eigenvalue weighted by Gasteiger charge is 2.09. The molecule has 4 N–H and O–H groups in total. The van der Waals surface area contributed by atoms with Gasteiger partial charge < -0.3 is 19.9 Å². The predicted molar refractivity (Wildman–Crippen MR) is 115 cm³/mol. The molecule has 2 aromatic carbocycles. The van der Waals surface area contributed by atoms with E-state index in [0.29, 0.717) is 33.7 Å². The van der Waals surface area contributed by atoms with Crippen LogP contribution in [0.25, 0.3) is 0 Å². The minimum absolute atomic E-state index is 0.0175. The van der Waals surface area contributed by atoms with Gasteiger partial charge in [0, 0.05) is 11.4 Å². The molecule has 4 rings (SSSR count). The number of aromatic nitrogens is 4. The zero-order chi connectivity index (χ0) is 22.5. The van der Waals surface area contributed by atoms with E-state index in [1.54, 1.807) is 55.5 Å². The summed E-state index contributed by atoms with van der Waals surface area (Å²) in [5.41, 5.74) is 1.16. The lowest BCUT2D eigenvalue weighted by atomic mass is 10.3. The van der Waals surface area contributed by atoms with Gasteiger partial charge in [-0.3, -0.25) is 0 Å². The number of halogens is 1. The molecular formula is C20H18FN7O3S. The second-order valence-corrected chi connectivity index (χ2v) is 7.58. The highest BCUT2D eigenvalue weighted by Crippen LogP contribution is 2.23. The van der Waals surface area contributed by atoms with E-state index in [0.717, 1.165) is 6.20 Å². The molecule has 0 amide bonds. The maximum atomic E-state index is 14.2. The second-order valence-electron chi connectivity index (χ2n) is 6.51. The van der Waals surface area contributed by atoms with Crippen molar-refractivity contribution in [2.24, 2.45) is 5.14 Å². The summed E-state index contributed by atoms with van der Waals surface area (Å²) in [6.45, 7) is 1.86. The van der Waals surface area contributed by atoms with E-state index in [2.05, 4.69) is 30.7 Å². The van der Waals surface area contributed by atoms with Gasteiger partial charge in [0.25, 0.3) is 5.89 Å². The number of nitrogens with zero attached hydrogens (tertiary/aromatic N) is 4. The average Bonchev–Trinajstić information content (AvgIpc) is 3.21. The number of ether oxygens (including phenoxy) is 1. The van der Waals surface area contributed by atoms with Gasteiger partial charge in [0.05, 0.1) is 11.1 Å². The molecule has 0 fully saturated rings. The van der Waals surface area contributed by atoms with Crippen molar-refractivity contribution >= 4 is 34.1 Å². The standard InChI is InChI=1S/C20H18FN7O3S/c1-12-24-18(31-28-12)11-30-15-7-5-13(6-8-15)25-19-17(21)10-23-20(27-19)26-14-3-2-4-16(9-14)32(22)29/h2-10H,11,22H2,1H3,(H2,23,25,26,27). The Labute approximate surface area is 184 Å². The number of hydrogen-bond acceptors (Lipinski definition) is 9. The SMILES string of the molecule is Cc1noc(COc2ccc(Nc3nc(Nc4cccc(S(N)=O)c4)ncc3F)cc2)n1. The van der Waals surface area contributed by atoms with Gasteiger partial charge in [0.1, 0.15) is 16.7 Å². The number of anilines is 4. The molecule has 0 saturated carbocycles. The summed E-state index contributed by atoms with van der Waals surface area (Å²) >= 11 is 0. The smallest absolute Gasteiger partial charge is 0.264 e. The highest BCUT2D eigenvalue weighted by molar-refractivity contribution is 7.82. The molecule has 164 valence electrons. The van der Waals surface area contributed by atoms with Crippen LogP contribution < -0.4 is 20.5 Å². The van der Waals surface area contributed by atoms with Crippen LogP contribution in [0.4, 0.5) is 27.5 Å². The number of nitrogens with two attached hydrogens (primary N) is 1. The van der Waals surface area contributed by atoms with E-state index in [-0.39, 0.29) is 18.4 Å². The molecule has 0 spiro atoms. The summed E-state index contributed by atoms with van der Waals surface area (Å²) < 4.78 is 36.2. The maximum absolute atomic E-state index is 14.2. The lowest BCUT2D eigenvalue weighted by Crippen LogP contribution is -2.05. The zero-order valence-electron chi connectivity index (χ0n) is 16.8. The first-order chi connectivity index (χ1) is 15.5. The van der Waals surface area contributed by atoms with E-state index in [1.165, 1.54) is 0 Å². The Bertz CT molecular complexity index is 1250. The molecule has 32 heavy (non-hydrogen) atoms. The van der Waals surface area contributed by atoms with Crippen molar-refractivity contribution in [1.29, 1.82) is 0 Å². The quantitative estimate of drug-likeness (QED) is 0.365. The van der Waals surface area contributed by atoms with Gasteiger partial charge in [0.2, 0.25) is 5.95 Å². The van der Waals surface area contributed by atoms with E-state index < -0.39 is 16.8 Å². The summed E-state index contributed by atoms with van der Waals surface area (Å²) in [5, 5.41) is 14.9. The first kappa shape index (κ1) is 21.3. The molecule has 2 aromatic heterocycles. The van der Waals surface area contributed by atoms with E-state index in [9.17, 15) is 8.60 Å². The maximum Gasteiger partial charge on any atom is 0.264 e. The van der Waals surface area contributed by atoms with Crippen LogP contribution in [0.15, 0.2) is 64.1 Å². The molecule has 0 saturated heterocycles. The van der Waals surface area contributed by atoms with Crippen LogP contribution in [0.2, 0.25) is 0 Å². The fraction of sp³-hybridized carbons (Fsp3) is 0.100. The van der Waals surface area contributed by atoms with Crippen molar-refractivity contribution in [2.45, 2.75) is 18.4 Å². The van der Waals surface area contributed by atoms with Gasteiger partial charge >= 0.3 is 0 Å². The zero-order valence-corrected chi connectivity index (χ0v) is 17.6. The fourth-order valence-corrected chi connectivity index (χ4v) is 3.11. The minimum atomic E-state index is -1.62. The first-order valence-corrected chi connectivity index (χ1v) is 10.5. The molecular weight excluding hydrogens is 437 g/mol. The predicted octanol–water partition coefficient (Wildman–Crippen LogP) is 3.35. The number of nitrogens with one attached hydrogen (secondary N) is 2. The number of aryl methyl sites for hydroxylation is 1. The molecule has 10 nitrogen and oxygen atoms in total. The van der Waals surface area contributed by atoms with Crippen molar-refractivity contribution in [3.63, 3.8) is 0 Å². The van der Waals surface area contributed by atoms with E-state index in [1.807, 2.05) is 0 Å². The molecule has 1 unspecified atom stereocenters. The van der Waals surface area contributed by atoms with Gasteiger partial charge in [-0.1, -0.05) is 11.2 Å². The summed E-state index contributed by atoms with van der Waals surface area (Å²) in [4.78, 5) is 12.6. The molecule has 1 atom stereocenters. The Balaban J connectivity index is 1.42. The van der Waals surface area contributed by atoms with Gasteiger partial charge in [-0.15, -0.1) is 0 Å². The van der Waals surface area contributed by atoms with Crippen LogP contribution in [0.5, 0.6) is 5.75 Å². The van der Waals surface area contributed by atoms with Crippen LogP contribution in [0, 0.1) is 12.7 Å². The molecule has 12 heteroatoms. The third-order valence-corrected chi connectivity index (χ3v) is 4.83. The Kier molecular flexibility index (Phi) is 6.33. The van der Waals surface area contributed by atoms with Crippen LogP contribution in [0.1, 0.15) is 11.7 Å². The first-order valence-electron chi connectivity index (χ1n) is 9.31. The summed E-state index contributed by atoms with van der Waals surface area (Å²) in [6.07, 6.45) is 1.05. The minimum Gasteiger partial charge on any atom is -0.484 e. The van der Waals surface area contributed by atoms with Crippen molar-refractivity contribution in [1.82, 2.24) is 20.1 Å². The molecule has 0 radical (unpaired) electrons. The largest absolute Gasteiger partial charge is 0.484 e. The monoisotopic (exact) mass is 455 g/mol. The van der Waals surface area contributed by atoms with Crippen molar-refractivity contribution in [3.05, 3.63) is 72.3 Å². The Morgan fingerprint density at radius 1 is 1.12 bits per heavy atom.